The first-order valence-corrected chi connectivity index (χ1v) is 7.11. The SMILES string of the molecule is CCN(Cc1ccc(Br)s1)C(=O)C(N)CC(N)=O. The molecule has 1 unspecified atom stereocenters. The average molecular weight is 334 g/mol. The number of amides is 2. The highest BCUT2D eigenvalue weighted by molar-refractivity contribution is 9.11. The Morgan fingerprint density at radius 1 is 1.50 bits per heavy atom. The predicted molar refractivity (Wildman–Crippen MR) is 74.9 cm³/mol. The maximum Gasteiger partial charge on any atom is 0.240 e. The van der Waals surface area contributed by atoms with E-state index in [1.165, 1.54) is 0 Å². The summed E-state index contributed by atoms with van der Waals surface area (Å²) in [7, 11) is 0. The number of likely N-dealkylation sites (N-methyl/N-ethyl adjacent to an activating group) is 1. The summed E-state index contributed by atoms with van der Waals surface area (Å²) < 4.78 is 1.02. The summed E-state index contributed by atoms with van der Waals surface area (Å²) >= 11 is 4.94. The van der Waals surface area contributed by atoms with Crippen molar-refractivity contribution in [1.29, 1.82) is 0 Å². The fourth-order valence-electron chi connectivity index (χ4n) is 1.51. The van der Waals surface area contributed by atoms with E-state index in [9.17, 15) is 9.59 Å². The van der Waals surface area contributed by atoms with Crippen LogP contribution in [0.3, 0.4) is 0 Å². The van der Waals surface area contributed by atoms with Gasteiger partial charge in [0.05, 0.1) is 22.8 Å². The Labute approximate surface area is 118 Å². The minimum absolute atomic E-state index is 0.122. The Bertz CT molecular complexity index is 436. The van der Waals surface area contributed by atoms with Crippen molar-refractivity contribution >= 4 is 39.1 Å². The Balaban J connectivity index is 2.65. The molecule has 1 atom stereocenters. The van der Waals surface area contributed by atoms with E-state index in [0.29, 0.717) is 13.1 Å². The van der Waals surface area contributed by atoms with Crippen molar-refractivity contribution in [3.63, 3.8) is 0 Å². The number of hydrogen-bond acceptors (Lipinski definition) is 4. The van der Waals surface area contributed by atoms with Gasteiger partial charge in [0.15, 0.2) is 0 Å². The van der Waals surface area contributed by atoms with Gasteiger partial charge in [-0.1, -0.05) is 0 Å². The zero-order valence-corrected chi connectivity index (χ0v) is 12.5. The molecule has 4 N–H and O–H groups in total. The molecule has 0 radical (unpaired) electrons. The van der Waals surface area contributed by atoms with Gasteiger partial charge in [-0.2, -0.15) is 0 Å². The molecule has 0 aromatic carbocycles. The van der Waals surface area contributed by atoms with E-state index in [4.69, 9.17) is 11.5 Å². The second-order valence-corrected chi connectivity index (χ2v) is 6.38. The van der Waals surface area contributed by atoms with E-state index in [-0.39, 0.29) is 12.3 Å². The van der Waals surface area contributed by atoms with Crippen LogP contribution in [0.15, 0.2) is 15.9 Å². The van der Waals surface area contributed by atoms with Crippen molar-refractivity contribution in [3.05, 3.63) is 20.8 Å². The van der Waals surface area contributed by atoms with E-state index in [0.717, 1.165) is 8.66 Å². The maximum atomic E-state index is 12.0. The van der Waals surface area contributed by atoms with Crippen LogP contribution >= 0.6 is 27.3 Å². The minimum Gasteiger partial charge on any atom is -0.370 e. The molecule has 100 valence electrons. The first kappa shape index (κ1) is 15.1. The summed E-state index contributed by atoms with van der Waals surface area (Å²) in [4.78, 5) is 25.4. The van der Waals surface area contributed by atoms with Gasteiger partial charge in [0.25, 0.3) is 0 Å². The first-order valence-electron chi connectivity index (χ1n) is 5.51. The fraction of sp³-hybridized carbons (Fsp3) is 0.455. The number of carbonyl (C=O) groups excluding carboxylic acids is 2. The van der Waals surface area contributed by atoms with Crippen molar-refractivity contribution in [3.8, 4) is 0 Å². The molecule has 0 saturated heterocycles. The molecule has 0 saturated carbocycles. The van der Waals surface area contributed by atoms with Crippen LogP contribution in [0.5, 0.6) is 0 Å². The van der Waals surface area contributed by atoms with Gasteiger partial charge in [0.1, 0.15) is 0 Å². The molecule has 0 spiro atoms. The quantitative estimate of drug-likeness (QED) is 0.815. The van der Waals surface area contributed by atoms with Crippen LogP contribution in [0.4, 0.5) is 0 Å². The molecule has 1 aromatic rings. The minimum atomic E-state index is -0.856. The summed E-state index contributed by atoms with van der Waals surface area (Å²) in [6.45, 7) is 2.91. The van der Waals surface area contributed by atoms with Crippen molar-refractivity contribution in [2.75, 3.05) is 6.54 Å². The first-order chi connectivity index (χ1) is 8.43. The Kier molecular flexibility index (Phi) is 5.77. The molecule has 0 bridgehead atoms. The molecule has 1 aromatic heterocycles. The summed E-state index contributed by atoms with van der Waals surface area (Å²) in [6, 6.07) is 3.03. The third kappa shape index (κ3) is 4.40. The third-order valence-electron chi connectivity index (χ3n) is 2.41. The summed E-state index contributed by atoms with van der Waals surface area (Å²) in [6.07, 6.45) is -0.122. The van der Waals surface area contributed by atoms with Gasteiger partial charge in [-0.05, 0) is 35.0 Å². The molecular formula is C11H16BrN3O2S. The normalized spacial score (nSPS) is 12.2. The number of nitrogens with zero attached hydrogens (tertiary/aromatic N) is 1. The molecule has 0 aliphatic heterocycles. The van der Waals surface area contributed by atoms with Crippen LogP contribution in [0.2, 0.25) is 0 Å². The van der Waals surface area contributed by atoms with Crippen LogP contribution < -0.4 is 11.5 Å². The standard InChI is InChI=1S/C11H16BrN3O2S/c1-2-15(6-7-3-4-9(12)18-7)11(17)8(13)5-10(14)16/h3-4,8H,2,5-6,13H2,1H3,(H2,14,16). The van der Waals surface area contributed by atoms with E-state index < -0.39 is 11.9 Å². The molecular weight excluding hydrogens is 318 g/mol. The van der Waals surface area contributed by atoms with Gasteiger partial charge in [-0.25, -0.2) is 0 Å². The highest BCUT2D eigenvalue weighted by Crippen LogP contribution is 2.23. The molecule has 7 heteroatoms. The van der Waals surface area contributed by atoms with E-state index >= 15 is 0 Å². The highest BCUT2D eigenvalue weighted by atomic mass is 79.9. The van der Waals surface area contributed by atoms with Gasteiger partial charge in [-0.15, -0.1) is 11.3 Å². The van der Waals surface area contributed by atoms with E-state index in [1.807, 2.05) is 19.1 Å². The van der Waals surface area contributed by atoms with Crippen molar-refractivity contribution in [2.45, 2.75) is 25.9 Å². The molecule has 1 rings (SSSR count). The number of rotatable bonds is 6. The van der Waals surface area contributed by atoms with Gasteiger partial charge >= 0.3 is 0 Å². The van der Waals surface area contributed by atoms with E-state index in [1.54, 1.807) is 16.2 Å². The number of hydrogen-bond donors (Lipinski definition) is 2. The summed E-state index contributed by atoms with van der Waals surface area (Å²) in [5, 5.41) is 0. The number of primary amides is 1. The highest BCUT2D eigenvalue weighted by Gasteiger charge is 2.21. The molecule has 1 heterocycles. The van der Waals surface area contributed by atoms with Crippen molar-refractivity contribution in [2.24, 2.45) is 11.5 Å². The van der Waals surface area contributed by atoms with E-state index in [2.05, 4.69) is 15.9 Å². The average Bonchev–Trinajstić information content (AvgIpc) is 2.70. The molecule has 0 aliphatic carbocycles. The second-order valence-electron chi connectivity index (χ2n) is 3.84. The lowest BCUT2D eigenvalue weighted by Crippen LogP contribution is -2.45. The van der Waals surface area contributed by atoms with Gasteiger partial charge in [0, 0.05) is 11.4 Å². The zero-order chi connectivity index (χ0) is 13.7. The number of halogens is 1. The van der Waals surface area contributed by atoms with Crippen LogP contribution in [-0.4, -0.2) is 29.3 Å². The smallest absolute Gasteiger partial charge is 0.240 e. The predicted octanol–water partition coefficient (Wildman–Crippen LogP) is 1.06. The third-order valence-corrected chi connectivity index (χ3v) is 4.02. The number of carbonyl (C=O) groups is 2. The molecule has 18 heavy (non-hydrogen) atoms. The summed E-state index contributed by atoms with van der Waals surface area (Å²) in [5.41, 5.74) is 10.7. The lowest BCUT2D eigenvalue weighted by molar-refractivity contribution is -0.135. The van der Waals surface area contributed by atoms with Crippen LogP contribution in [0.25, 0.3) is 0 Å². The molecule has 2 amide bonds. The number of thiophene rings is 1. The van der Waals surface area contributed by atoms with Crippen LogP contribution in [-0.2, 0) is 16.1 Å². The summed E-state index contributed by atoms with van der Waals surface area (Å²) in [5.74, 6) is -0.813. The van der Waals surface area contributed by atoms with Gasteiger partial charge < -0.3 is 16.4 Å². The van der Waals surface area contributed by atoms with Crippen LogP contribution in [0.1, 0.15) is 18.2 Å². The molecule has 0 aliphatic rings. The lowest BCUT2D eigenvalue weighted by Gasteiger charge is -2.23. The Morgan fingerprint density at radius 2 is 2.17 bits per heavy atom. The molecule has 5 nitrogen and oxygen atoms in total. The topological polar surface area (TPSA) is 89.4 Å². The van der Waals surface area contributed by atoms with Crippen molar-refractivity contribution in [1.82, 2.24) is 4.90 Å². The fourth-order valence-corrected chi connectivity index (χ4v) is 3.01. The molecule has 0 fully saturated rings. The maximum absolute atomic E-state index is 12.0. The van der Waals surface area contributed by atoms with Gasteiger partial charge in [-0.3, -0.25) is 9.59 Å². The Morgan fingerprint density at radius 3 is 2.61 bits per heavy atom. The largest absolute Gasteiger partial charge is 0.370 e. The Hall–Kier alpha value is -0.920. The zero-order valence-electron chi connectivity index (χ0n) is 10.1. The second kappa shape index (κ2) is 6.86. The van der Waals surface area contributed by atoms with Gasteiger partial charge in [0.2, 0.25) is 11.8 Å². The van der Waals surface area contributed by atoms with Crippen molar-refractivity contribution < 1.29 is 9.59 Å². The number of nitrogens with two attached hydrogens (primary N) is 2. The lowest BCUT2D eigenvalue weighted by atomic mass is 10.2. The van der Waals surface area contributed by atoms with Crippen LogP contribution in [0, 0.1) is 0 Å². The monoisotopic (exact) mass is 333 g/mol.